The molecule has 17 heavy (non-hydrogen) atoms. The van der Waals surface area contributed by atoms with Gasteiger partial charge in [0.25, 0.3) is 0 Å². The highest BCUT2D eigenvalue weighted by atomic mass is 19.4. The van der Waals surface area contributed by atoms with Crippen molar-refractivity contribution >= 4 is 5.97 Å². The number of halogens is 7. The van der Waals surface area contributed by atoms with Crippen molar-refractivity contribution in [1.29, 1.82) is 0 Å². The summed E-state index contributed by atoms with van der Waals surface area (Å²) in [6.45, 7) is 4.07. The highest BCUT2D eigenvalue weighted by Crippen LogP contribution is 2.47. The van der Waals surface area contributed by atoms with Gasteiger partial charge in [0.2, 0.25) is 0 Å². The molecule has 0 rings (SSSR count). The topological polar surface area (TPSA) is 26.3 Å². The Labute approximate surface area is 91.0 Å². The van der Waals surface area contributed by atoms with Gasteiger partial charge in [0.15, 0.2) is 0 Å². The summed E-state index contributed by atoms with van der Waals surface area (Å²) in [5, 5.41) is 0. The third-order valence-corrected chi connectivity index (χ3v) is 1.68. The summed E-state index contributed by atoms with van der Waals surface area (Å²) in [6.07, 6.45) is -13.1. The second kappa shape index (κ2) is 4.53. The first-order valence-corrected chi connectivity index (χ1v) is 4.10. The van der Waals surface area contributed by atoms with Gasteiger partial charge >= 0.3 is 24.2 Å². The summed E-state index contributed by atoms with van der Waals surface area (Å²) in [4.78, 5) is 10.7. The van der Waals surface area contributed by atoms with Gasteiger partial charge in [-0.3, -0.25) is 0 Å². The highest BCUT2D eigenvalue weighted by Gasteiger charge is 2.76. The van der Waals surface area contributed by atoms with Gasteiger partial charge in [0.05, 0.1) is 0 Å². The lowest BCUT2D eigenvalue weighted by Gasteiger charge is -2.29. The predicted octanol–water partition coefficient (Wildman–Crippen LogP) is 3.29. The minimum atomic E-state index is -6.42. The van der Waals surface area contributed by atoms with Crippen LogP contribution in [0.2, 0.25) is 0 Å². The summed E-state index contributed by atoms with van der Waals surface area (Å²) in [5.41, 5.74) is -0.708. The molecule has 2 nitrogen and oxygen atoms in total. The Hall–Kier alpha value is -1.28. The number of alkyl halides is 7. The average Bonchev–Trinajstić information content (AvgIpc) is 2.12. The lowest BCUT2D eigenvalue weighted by atomic mass is 10.2. The average molecular weight is 268 g/mol. The number of hydrogen-bond donors (Lipinski definition) is 0. The summed E-state index contributed by atoms with van der Waals surface area (Å²) in [5.74, 6) is -8.13. The molecule has 0 saturated carbocycles. The predicted molar refractivity (Wildman–Crippen MR) is 41.5 cm³/mol. The van der Waals surface area contributed by atoms with E-state index in [0.29, 0.717) is 0 Å². The van der Waals surface area contributed by atoms with Gasteiger partial charge in [-0.1, -0.05) is 13.5 Å². The first-order chi connectivity index (χ1) is 7.37. The standard InChI is InChI=1S/C8H7F7O2/c1-3-4(2)5(16)17-6(9,7(10,11)12)8(13,14)15/h2-3H2,1H3. The van der Waals surface area contributed by atoms with Gasteiger partial charge < -0.3 is 4.74 Å². The van der Waals surface area contributed by atoms with Crippen molar-refractivity contribution in [3.63, 3.8) is 0 Å². The van der Waals surface area contributed by atoms with E-state index in [4.69, 9.17) is 0 Å². The Morgan fingerprint density at radius 2 is 1.41 bits per heavy atom. The van der Waals surface area contributed by atoms with Gasteiger partial charge in [0, 0.05) is 5.57 Å². The quantitative estimate of drug-likeness (QED) is 0.446. The van der Waals surface area contributed by atoms with E-state index < -0.39 is 29.7 Å². The second-order valence-corrected chi connectivity index (χ2v) is 2.94. The number of carbonyl (C=O) groups excluding carboxylic acids is 1. The van der Waals surface area contributed by atoms with Crippen molar-refractivity contribution in [2.24, 2.45) is 0 Å². The van der Waals surface area contributed by atoms with Gasteiger partial charge in [0.1, 0.15) is 0 Å². The molecule has 0 N–H and O–H groups in total. The van der Waals surface area contributed by atoms with E-state index in [1.807, 2.05) is 0 Å². The molecule has 0 aliphatic heterocycles. The fraction of sp³-hybridized carbons (Fsp3) is 0.625. The summed E-state index contributed by atoms with van der Waals surface area (Å²) < 4.78 is 87.2. The first kappa shape index (κ1) is 15.7. The lowest BCUT2D eigenvalue weighted by Crippen LogP contribution is -2.56. The minimum Gasteiger partial charge on any atom is -0.409 e. The van der Waals surface area contributed by atoms with E-state index >= 15 is 0 Å². The highest BCUT2D eigenvalue weighted by molar-refractivity contribution is 5.87. The zero-order valence-corrected chi connectivity index (χ0v) is 8.38. The fourth-order valence-electron chi connectivity index (χ4n) is 0.621. The smallest absolute Gasteiger partial charge is 0.409 e. The Kier molecular flexibility index (Phi) is 4.19. The van der Waals surface area contributed by atoms with E-state index in [1.165, 1.54) is 6.92 Å². The molecule has 0 unspecified atom stereocenters. The molecule has 9 heteroatoms. The molecule has 0 saturated heterocycles. The maximum Gasteiger partial charge on any atom is 0.470 e. The van der Waals surface area contributed by atoms with Gasteiger partial charge in [-0.15, -0.1) is 0 Å². The van der Waals surface area contributed by atoms with Crippen LogP contribution in [0.5, 0.6) is 0 Å². The van der Waals surface area contributed by atoms with E-state index in [1.54, 1.807) is 0 Å². The van der Waals surface area contributed by atoms with Crippen molar-refractivity contribution in [3.05, 3.63) is 12.2 Å². The van der Waals surface area contributed by atoms with Gasteiger partial charge in [-0.25, -0.2) is 4.79 Å². The molecule has 0 amide bonds. The van der Waals surface area contributed by atoms with E-state index in [2.05, 4.69) is 11.3 Å². The molecular formula is C8H7F7O2. The number of esters is 1. The number of rotatable bonds is 3. The van der Waals surface area contributed by atoms with Crippen LogP contribution in [0.3, 0.4) is 0 Å². The van der Waals surface area contributed by atoms with Crippen molar-refractivity contribution in [2.45, 2.75) is 31.6 Å². The van der Waals surface area contributed by atoms with Crippen LogP contribution in [0.15, 0.2) is 12.2 Å². The largest absolute Gasteiger partial charge is 0.470 e. The summed E-state index contributed by atoms with van der Waals surface area (Å²) in [7, 11) is 0. The van der Waals surface area contributed by atoms with Crippen LogP contribution in [0, 0.1) is 0 Å². The van der Waals surface area contributed by atoms with Gasteiger partial charge in [-0.05, 0) is 6.42 Å². The molecule has 0 aromatic rings. The lowest BCUT2D eigenvalue weighted by molar-refractivity contribution is -0.416. The third kappa shape index (κ3) is 3.10. The SMILES string of the molecule is C=C(CC)C(=O)OC(F)(C(F)(F)F)C(F)(F)F. The zero-order chi connectivity index (χ0) is 14.1. The molecule has 0 bridgehead atoms. The number of ether oxygens (including phenoxy) is 1. The Bertz CT molecular complexity index is 301. The van der Waals surface area contributed by atoms with E-state index in [-0.39, 0.29) is 6.42 Å². The van der Waals surface area contributed by atoms with Crippen LogP contribution in [-0.4, -0.2) is 24.2 Å². The van der Waals surface area contributed by atoms with Crippen molar-refractivity contribution in [3.8, 4) is 0 Å². The molecule has 100 valence electrons. The molecule has 0 fully saturated rings. The number of carbonyl (C=O) groups is 1. The fourth-order valence-corrected chi connectivity index (χ4v) is 0.621. The van der Waals surface area contributed by atoms with E-state index in [9.17, 15) is 35.5 Å². The second-order valence-electron chi connectivity index (χ2n) is 2.94. The Balaban J connectivity index is 5.27. The summed E-state index contributed by atoms with van der Waals surface area (Å²) in [6, 6.07) is 0. The normalized spacial score (nSPS) is 13.4. The molecule has 0 aromatic carbocycles. The van der Waals surface area contributed by atoms with Crippen molar-refractivity contribution < 1.29 is 40.3 Å². The van der Waals surface area contributed by atoms with Gasteiger partial charge in [-0.2, -0.15) is 30.7 Å². The number of hydrogen-bond acceptors (Lipinski definition) is 2. The molecule has 0 heterocycles. The zero-order valence-electron chi connectivity index (χ0n) is 8.38. The van der Waals surface area contributed by atoms with Crippen LogP contribution in [0.4, 0.5) is 30.7 Å². The molecule has 0 radical (unpaired) electrons. The first-order valence-electron chi connectivity index (χ1n) is 4.10. The van der Waals surface area contributed by atoms with E-state index in [0.717, 1.165) is 0 Å². The molecule has 0 aromatic heterocycles. The Morgan fingerprint density at radius 1 is 1.06 bits per heavy atom. The maximum atomic E-state index is 12.8. The Morgan fingerprint density at radius 3 is 1.65 bits per heavy atom. The molecular weight excluding hydrogens is 261 g/mol. The third-order valence-electron chi connectivity index (χ3n) is 1.68. The molecule has 0 aliphatic rings. The summed E-state index contributed by atoms with van der Waals surface area (Å²) >= 11 is 0. The minimum absolute atomic E-state index is 0.273. The van der Waals surface area contributed by atoms with Crippen molar-refractivity contribution in [2.75, 3.05) is 0 Å². The molecule has 0 atom stereocenters. The van der Waals surface area contributed by atoms with Crippen LogP contribution >= 0.6 is 0 Å². The maximum absolute atomic E-state index is 12.8. The molecule has 0 spiro atoms. The van der Waals surface area contributed by atoms with Crippen molar-refractivity contribution in [1.82, 2.24) is 0 Å². The van der Waals surface area contributed by atoms with Crippen LogP contribution in [0.25, 0.3) is 0 Å². The van der Waals surface area contributed by atoms with Crippen LogP contribution in [-0.2, 0) is 9.53 Å². The monoisotopic (exact) mass is 268 g/mol. The van der Waals surface area contributed by atoms with Crippen LogP contribution in [0.1, 0.15) is 13.3 Å². The van der Waals surface area contributed by atoms with Crippen LogP contribution < -0.4 is 0 Å². The molecule has 0 aliphatic carbocycles.